The zero-order valence-corrected chi connectivity index (χ0v) is 23.0. The monoisotopic (exact) mass is 544 g/mol. The van der Waals surface area contributed by atoms with Crippen LogP contribution in [-0.4, -0.2) is 55.2 Å². The topological polar surface area (TPSA) is 143 Å². The van der Waals surface area contributed by atoms with E-state index in [4.69, 9.17) is 5.11 Å². The van der Waals surface area contributed by atoms with Gasteiger partial charge in [0.1, 0.15) is 11.4 Å². The minimum Gasteiger partial charge on any atom is -0.478 e. The summed E-state index contributed by atoms with van der Waals surface area (Å²) in [4.78, 5) is 46.6. The quantitative estimate of drug-likeness (QED) is 0.296. The van der Waals surface area contributed by atoms with Gasteiger partial charge in [-0.25, -0.2) is 9.59 Å². The number of hydrogen-bond acceptors (Lipinski definition) is 4. The molecule has 4 N–H and O–H groups in total. The molecule has 4 atom stereocenters. The van der Waals surface area contributed by atoms with E-state index in [9.17, 15) is 24.3 Å². The van der Waals surface area contributed by atoms with Gasteiger partial charge in [-0.1, -0.05) is 19.1 Å². The molecule has 2 aromatic carbocycles. The van der Waals surface area contributed by atoms with E-state index in [0.717, 1.165) is 33.8 Å². The van der Waals surface area contributed by atoms with E-state index in [1.54, 1.807) is 36.4 Å². The molecule has 2 amide bonds. The maximum Gasteiger partial charge on any atom is 0.335 e. The van der Waals surface area contributed by atoms with Gasteiger partial charge < -0.3 is 30.0 Å². The molecular formula is C30H32N4O6. The standard InChI is InChI=1S/C16H18N2O3.C14H14N2O3/c1-4-11-12-6-5-10(16(20)21)7-13(12)18-9(3)8(2)17-15(19)14(11)18;1-7-8(2)16-11-6-10(14(18)19)4-3-9(11)5-12(16)13(17)15-7/h5-9H,4H2,1-3H3,(H,17,19)(H,20,21);3-8H,1-2H3,(H,15,17)(H,18,19)/t;7-,8+/m.0/s1. The number of nitrogens with zero attached hydrogens (tertiary/aromatic N) is 2. The summed E-state index contributed by atoms with van der Waals surface area (Å²) < 4.78 is 3.91. The third-order valence-corrected chi connectivity index (χ3v) is 8.23. The van der Waals surface area contributed by atoms with Crippen LogP contribution in [0.25, 0.3) is 21.8 Å². The van der Waals surface area contributed by atoms with Crippen molar-refractivity contribution < 1.29 is 29.4 Å². The van der Waals surface area contributed by atoms with Gasteiger partial charge in [0.25, 0.3) is 11.8 Å². The Labute approximate surface area is 230 Å². The normalized spacial score (nSPS) is 21.6. The zero-order valence-electron chi connectivity index (χ0n) is 23.0. The highest BCUT2D eigenvalue weighted by Gasteiger charge is 2.33. The number of amides is 2. The van der Waals surface area contributed by atoms with Crippen LogP contribution in [0.1, 0.15) is 94.0 Å². The smallest absolute Gasteiger partial charge is 0.335 e. The Morgan fingerprint density at radius 2 is 1.32 bits per heavy atom. The fourth-order valence-corrected chi connectivity index (χ4v) is 5.75. The molecule has 10 nitrogen and oxygen atoms in total. The van der Waals surface area contributed by atoms with Crippen molar-refractivity contribution in [2.45, 2.75) is 65.2 Å². The first-order chi connectivity index (χ1) is 18.9. The maximum absolute atomic E-state index is 12.4. The molecule has 2 aliphatic rings. The molecule has 0 radical (unpaired) electrons. The summed E-state index contributed by atoms with van der Waals surface area (Å²) in [6.45, 7) is 9.97. The SMILES string of the molecule is CCc1c2n(c3cc(C(=O)O)ccc13)C(C)C(C)NC2=O.C[C@@H]1NC(=O)c2cc3ccc(C(=O)O)cc3n2[C@@H]1C. The Morgan fingerprint density at radius 3 is 1.93 bits per heavy atom. The largest absolute Gasteiger partial charge is 0.478 e. The van der Waals surface area contributed by atoms with Crippen LogP contribution >= 0.6 is 0 Å². The molecule has 0 saturated carbocycles. The van der Waals surface area contributed by atoms with Crippen molar-refractivity contribution in [3.8, 4) is 0 Å². The van der Waals surface area contributed by atoms with E-state index >= 15 is 0 Å². The number of carbonyl (C=O) groups excluding carboxylic acids is 2. The van der Waals surface area contributed by atoms with Gasteiger partial charge in [0.2, 0.25) is 0 Å². The summed E-state index contributed by atoms with van der Waals surface area (Å²) in [6.07, 6.45) is 0.736. The van der Waals surface area contributed by atoms with Gasteiger partial charge >= 0.3 is 11.9 Å². The number of carbonyl (C=O) groups is 4. The summed E-state index contributed by atoms with van der Waals surface area (Å²) in [5.41, 5.74) is 4.34. The van der Waals surface area contributed by atoms with Gasteiger partial charge in [0.05, 0.1) is 28.7 Å². The average Bonchev–Trinajstić information content (AvgIpc) is 3.47. The van der Waals surface area contributed by atoms with E-state index in [1.807, 2.05) is 49.8 Å². The molecule has 0 fully saturated rings. The highest BCUT2D eigenvalue weighted by molar-refractivity contribution is 6.04. The highest BCUT2D eigenvalue weighted by atomic mass is 16.4. The van der Waals surface area contributed by atoms with E-state index in [-0.39, 0.29) is 47.1 Å². The maximum atomic E-state index is 12.4. The summed E-state index contributed by atoms with van der Waals surface area (Å²) in [5.74, 6) is -2.10. The van der Waals surface area contributed by atoms with E-state index in [1.165, 1.54) is 0 Å². The predicted molar refractivity (Wildman–Crippen MR) is 150 cm³/mol. The molecule has 0 bridgehead atoms. The van der Waals surface area contributed by atoms with E-state index < -0.39 is 11.9 Å². The number of aryl methyl sites for hydroxylation is 1. The van der Waals surface area contributed by atoms with Crippen molar-refractivity contribution in [2.24, 2.45) is 0 Å². The second-order valence-corrected chi connectivity index (χ2v) is 10.6. The molecule has 4 aromatic rings. The number of benzene rings is 2. The number of hydrogen-bond donors (Lipinski definition) is 4. The Kier molecular flexibility index (Phi) is 6.65. The first kappa shape index (κ1) is 27.0. The second kappa shape index (κ2) is 9.86. The van der Waals surface area contributed by atoms with Crippen molar-refractivity contribution in [3.63, 3.8) is 0 Å². The Hall–Kier alpha value is -4.60. The van der Waals surface area contributed by atoms with Gasteiger partial charge in [-0.15, -0.1) is 0 Å². The lowest BCUT2D eigenvalue weighted by atomic mass is 10.0. The Balaban J connectivity index is 0.000000162. The lowest BCUT2D eigenvalue weighted by Crippen LogP contribution is -2.45. The lowest BCUT2D eigenvalue weighted by Gasteiger charge is -2.31. The number of carboxylic acids is 2. The van der Waals surface area contributed by atoms with Crippen molar-refractivity contribution in [2.75, 3.05) is 0 Å². The Morgan fingerprint density at radius 1 is 0.775 bits per heavy atom. The van der Waals surface area contributed by atoms with Crippen LogP contribution in [-0.2, 0) is 6.42 Å². The van der Waals surface area contributed by atoms with Crippen LogP contribution in [0.4, 0.5) is 0 Å². The van der Waals surface area contributed by atoms with Crippen LogP contribution in [0, 0.1) is 0 Å². The van der Waals surface area contributed by atoms with Gasteiger partial charge in [0, 0.05) is 28.4 Å². The molecule has 6 rings (SSSR count). The first-order valence-electron chi connectivity index (χ1n) is 13.3. The number of aromatic carboxylic acids is 2. The summed E-state index contributed by atoms with van der Waals surface area (Å²) in [5, 5.41) is 26.0. The van der Waals surface area contributed by atoms with Crippen molar-refractivity contribution in [1.29, 1.82) is 0 Å². The van der Waals surface area contributed by atoms with E-state index in [0.29, 0.717) is 11.4 Å². The minimum absolute atomic E-state index is 0.0128. The number of nitrogens with one attached hydrogen (secondary N) is 2. The van der Waals surface area contributed by atoms with Crippen molar-refractivity contribution in [3.05, 3.63) is 70.5 Å². The molecule has 10 heteroatoms. The number of carboxylic acid groups (broad SMARTS) is 2. The lowest BCUT2D eigenvalue weighted by molar-refractivity contribution is 0.0686. The molecular weight excluding hydrogens is 512 g/mol. The van der Waals surface area contributed by atoms with Crippen LogP contribution < -0.4 is 10.6 Å². The number of fused-ring (bicyclic) bond motifs is 6. The predicted octanol–water partition coefficient (Wildman–Crippen LogP) is 4.63. The summed E-state index contributed by atoms with van der Waals surface area (Å²) in [7, 11) is 0. The molecule has 0 spiro atoms. The van der Waals surface area contributed by atoms with Gasteiger partial charge in [0.15, 0.2) is 0 Å². The van der Waals surface area contributed by atoms with E-state index in [2.05, 4.69) is 10.6 Å². The third kappa shape index (κ3) is 4.20. The summed E-state index contributed by atoms with van der Waals surface area (Å²) >= 11 is 0. The van der Waals surface area contributed by atoms with Gasteiger partial charge in [-0.2, -0.15) is 0 Å². The van der Waals surface area contributed by atoms with Crippen molar-refractivity contribution in [1.82, 2.24) is 19.8 Å². The number of aromatic nitrogens is 2. The molecule has 4 heterocycles. The summed E-state index contributed by atoms with van der Waals surface area (Å²) in [6, 6.07) is 12.0. The fourth-order valence-electron chi connectivity index (χ4n) is 5.75. The third-order valence-electron chi connectivity index (χ3n) is 8.23. The van der Waals surface area contributed by atoms with Crippen LogP contribution in [0.3, 0.4) is 0 Å². The van der Waals surface area contributed by atoms with Crippen molar-refractivity contribution >= 4 is 45.6 Å². The molecule has 2 aliphatic heterocycles. The molecule has 2 aromatic heterocycles. The van der Waals surface area contributed by atoms with Crippen LogP contribution in [0.2, 0.25) is 0 Å². The van der Waals surface area contributed by atoms with Gasteiger partial charge in [-0.05, 0) is 70.0 Å². The molecule has 0 aliphatic carbocycles. The highest BCUT2D eigenvalue weighted by Crippen LogP contribution is 2.34. The van der Waals surface area contributed by atoms with Crippen LogP contribution in [0.5, 0.6) is 0 Å². The molecule has 40 heavy (non-hydrogen) atoms. The fraction of sp³-hybridized carbons (Fsp3) is 0.333. The first-order valence-corrected chi connectivity index (χ1v) is 13.3. The Bertz CT molecular complexity index is 1710. The van der Waals surface area contributed by atoms with Gasteiger partial charge in [-0.3, -0.25) is 9.59 Å². The molecule has 0 saturated heterocycles. The number of rotatable bonds is 3. The minimum atomic E-state index is -0.960. The molecule has 2 unspecified atom stereocenters. The van der Waals surface area contributed by atoms with Crippen LogP contribution in [0.15, 0.2) is 42.5 Å². The second-order valence-electron chi connectivity index (χ2n) is 10.6. The molecule has 208 valence electrons. The zero-order chi connectivity index (χ0) is 29.0. The average molecular weight is 545 g/mol.